The van der Waals surface area contributed by atoms with Crippen LogP contribution in [0.1, 0.15) is 10.4 Å². The molecule has 0 unspecified atom stereocenters. The molecule has 7 heteroatoms. The number of rotatable bonds is 3. The average Bonchev–Trinajstić information content (AvgIpc) is 2.96. The molecule has 1 heterocycles. The lowest BCUT2D eigenvalue weighted by Gasteiger charge is -2.02. The van der Waals surface area contributed by atoms with Crippen LogP contribution in [0, 0.1) is 12.3 Å². The van der Waals surface area contributed by atoms with E-state index in [1.165, 1.54) is 0 Å². The number of fused-ring (bicyclic) bond motifs is 1. The minimum atomic E-state index is -0.503. The number of carbonyl (C=O) groups is 1. The number of nitrogens with zero attached hydrogens (tertiary/aromatic N) is 1. The highest BCUT2D eigenvalue weighted by Gasteiger charge is 2.15. The van der Waals surface area contributed by atoms with Gasteiger partial charge >= 0.3 is 5.97 Å². The first kappa shape index (κ1) is 16.8. The van der Waals surface area contributed by atoms with E-state index in [-0.39, 0.29) is 6.61 Å². The van der Waals surface area contributed by atoms with E-state index in [0.717, 1.165) is 0 Å². The van der Waals surface area contributed by atoms with Gasteiger partial charge in [-0.15, -0.1) is 6.42 Å². The van der Waals surface area contributed by atoms with Crippen molar-refractivity contribution in [3.63, 3.8) is 0 Å². The predicted molar refractivity (Wildman–Crippen MR) is 98.4 cm³/mol. The summed E-state index contributed by atoms with van der Waals surface area (Å²) in [5, 5.41) is 1.02. The van der Waals surface area contributed by atoms with Crippen LogP contribution in [0.25, 0.3) is 22.4 Å². The molecule has 0 bridgehead atoms. The van der Waals surface area contributed by atoms with E-state index in [4.69, 9.17) is 34.4 Å². The minimum absolute atomic E-state index is 0.0803. The fourth-order valence-corrected chi connectivity index (χ4v) is 3.24. The molecule has 0 fully saturated rings. The number of carbonyl (C=O) groups excluding carboxylic acids is 1. The van der Waals surface area contributed by atoms with Gasteiger partial charge in [0.15, 0.2) is 6.61 Å². The van der Waals surface area contributed by atoms with Gasteiger partial charge in [0.2, 0.25) is 0 Å². The van der Waals surface area contributed by atoms with E-state index in [9.17, 15) is 4.79 Å². The molecule has 3 rings (SSSR count). The molecule has 0 saturated carbocycles. The molecule has 0 amide bonds. The van der Waals surface area contributed by atoms with Gasteiger partial charge in [-0.25, -0.2) is 9.78 Å². The van der Waals surface area contributed by atoms with Crippen LogP contribution in [0.15, 0.2) is 34.8 Å². The van der Waals surface area contributed by atoms with Gasteiger partial charge in [-0.05, 0) is 46.3 Å². The van der Waals surface area contributed by atoms with Gasteiger partial charge in [0, 0.05) is 15.1 Å². The lowest BCUT2D eigenvalue weighted by atomic mass is 10.2. The molecule has 24 heavy (non-hydrogen) atoms. The fraction of sp³-hybridized carbons (Fsp3) is 0.0588. The SMILES string of the molecule is C#CCOC(=O)c1cc(Br)c2nc(-c3ccc(Cl)cc3Cl)[nH]c2c1. The Labute approximate surface area is 156 Å². The number of aromatic nitrogens is 2. The highest BCUT2D eigenvalue weighted by atomic mass is 79.9. The standard InChI is InChI=1S/C17H9BrCl2N2O2/c1-2-5-24-17(23)9-6-12(18)15-14(7-9)21-16(22-15)11-4-3-10(19)8-13(11)20/h1,3-4,6-8H,5H2,(H,21,22). The first-order valence-electron chi connectivity index (χ1n) is 6.75. The van der Waals surface area contributed by atoms with Gasteiger partial charge in [-0.1, -0.05) is 29.1 Å². The summed E-state index contributed by atoms with van der Waals surface area (Å²) in [4.78, 5) is 19.6. The smallest absolute Gasteiger partial charge is 0.339 e. The molecule has 0 aliphatic carbocycles. The second-order valence-electron chi connectivity index (χ2n) is 4.84. The Balaban J connectivity index is 2.06. The van der Waals surface area contributed by atoms with Crippen LogP contribution in [-0.2, 0) is 4.74 Å². The first-order valence-corrected chi connectivity index (χ1v) is 8.29. The van der Waals surface area contributed by atoms with Gasteiger partial charge < -0.3 is 9.72 Å². The molecule has 0 aliphatic heterocycles. The fourth-order valence-electron chi connectivity index (χ4n) is 2.19. The molecule has 3 aromatic rings. The maximum absolute atomic E-state index is 12.0. The lowest BCUT2D eigenvalue weighted by molar-refractivity contribution is 0.0557. The summed E-state index contributed by atoms with van der Waals surface area (Å²) < 4.78 is 5.59. The Morgan fingerprint density at radius 1 is 1.33 bits per heavy atom. The zero-order valence-electron chi connectivity index (χ0n) is 12.1. The number of imidazole rings is 1. The topological polar surface area (TPSA) is 55.0 Å². The predicted octanol–water partition coefficient (Wildman–Crippen LogP) is 5.09. The lowest BCUT2D eigenvalue weighted by Crippen LogP contribution is -2.05. The van der Waals surface area contributed by atoms with Crippen LogP contribution < -0.4 is 0 Å². The molecule has 0 aliphatic rings. The number of H-pyrrole nitrogens is 1. The highest BCUT2D eigenvalue weighted by molar-refractivity contribution is 9.10. The third-order valence-electron chi connectivity index (χ3n) is 3.25. The number of hydrogen-bond donors (Lipinski definition) is 1. The van der Waals surface area contributed by atoms with Gasteiger partial charge in [-0.2, -0.15) is 0 Å². The van der Waals surface area contributed by atoms with E-state index in [0.29, 0.717) is 42.5 Å². The van der Waals surface area contributed by atoms with Crippen molar-refractivity contribution >= 4 is 56.1 Å². The van der Waals surface area contributed by atoms with Crippen LogP contribution in [-0.4, -0.2) is 22.5 Å². The molecule has 1 aromatic heterocycles. The van der Waals surface area contributed by atoms with Crippen molar-refractivity contribution in [2.24, 2.45) is 0 Å². The van der Waals surface area contributed by atoms with Crippen LogP contribution >= 0.6 is 39.1 Å². The molecule has 120 valence electrons. The maximum Gasteiger partial charge on any atom is 0.339 e. The summed E-state index contributed by atoms with van der Waals surface area (Å²) in [6.07, 6.45) is 5.09. The quantitative estimate of drug-likeness (QED) is 0.471. The normalized spacial score (nSPS) is 10.6. The van der Waals surface area contributed by atoms with Crippen LogP contribution in [0.2, 0.25) is 10.0 Å². The molecular weight excluding hydrogens is 415 g/mol. The van der Waals surface area contributed by atoms with Crippen molar-refractivity contribution in [1.82, 2.24) is 9.97 Å². The zero-order chi connectivity index (χ0) is 17.3. The molecule has 0 radical (unpaired) electrons. The van der Waals surface area contributed by atoms with Gasteiger partial charge in [0.25, 0.3) is 0 Å². The Morgan fingerprint density at radius 2 is 2.12 bits per heavy atom. The van der Waals surface area contributed by atoms with E-state index in [1.54, 1.807) is 30.3 Å². The van der Waals surface area contributed by atoms with Crippen molar-refractivity contribution in [3.8, 4) is 23.7 Å². The summed E-state index contributed by atoms with van der Waals surface area (Å²) in [6.45, 7) is -0.0803. The van der Waals surface area contributed by atoms with Crippen LogP contribution in [0.5, 0.6) is 0 Å². The first-order chi connectivity index (χ1) is 11.5. The van der Waals surface area contributed by atoms with Crippen molar-refractivity contribution in [2.45, 2.75) is 0 Å². The summed E-state index contributed by atoms with van der Waals surface area (Å²) in [7, 11) is 0. The van der Waals surface area contributed by atoms with E-state index in [2.05, 4.69) is 31.8 Å². The van der Waals surface area contributed by atoms with Crippen molar-refractivity contribution < 1.29 is 9.53 Å². The van der Waals surface area contributed by atoms with Crippen molar-refractivity contribution in [2.75, 3.05) is 6.61 Å². The largest absolute Gasteiger partial charge is 0.449 e. The Hall–Kier alpha value is -2.00. The van der Waals surface area contributed by atoms with Crippen molar-refractivity contribution in [3.05, 3.63) is 50.4 Å². The number of hydrogen-bond acceptors (Lipinski definition) is 3. The molecule has 0 atom stereocenters. The van der Waals surface area contributed by atoms with Gasteiger partial charge in [-0.3, -0.25) is 0 Å². The second kappa shape index (κ2) is 6.86. The van der Waals surface area contributed by atoms with Crippen molar-refractivity contribution in [1.29, 1.82) is 0 Å². The number of terminal acetylenes is 1. The van der Waals surface area contributed by atoms with E-state index < -0.39 is 5.97 Å². The van der Waals surface area contributed by atoms with Gasteiger partial charge in [0.1, 0.15) is 11.3 Å². The summed E-state index contributed by atoms with van der Waals surface area (Å²) in [5.74, 6) is 2.32. The zero-order valence-corrected chi connectivity index (χ0v) is 15.2. The third kappa shape index (κ3) is 3.27. The number of esters is 1. The summed E-state index contributed by atoms with van der Waals surface area (Å²) >= 11 is 15.6. The summed E-state index contributed by atoms with van der Waals surface area (Å²) in [6, 6.07) is 8.43. The van der Waals surface area contributed by atoms with E-state index >= 15 is 0 Å². The molecule has 2 aromatic carbocycles. The summed E-state index contributed by atoms with van der Waals surface area (Å²) in [5.41, 5.74) is 2.41. The maximum atomic E-state index is 12.0. The monoisotopic (exact) mass is 422 g/mol. The van der Waals surface area contributed by atoms with E-state index in [1.807, 2.05) is 0 Å². The Bertz CT molecular complexity index is 992. The second-order valence-corrected chi connectivity index (χ2v) is 6.54. The Morgan fingerprint density at radius 3 is 2.83 bits per heavy atom. The van der Waals surface area contributed by atoms with Crippen LogP contribution in [0.4, 0.5) is 0 Å². The molecule has 0 saturated heterocycles. The molecular formula is C17H9BrCl2N2O2. The number of halogens is 3. The number of ether oxygens (including phenoxy) is 1. The molecule has 1 N–H and O–H groups in total. The molecule has 0 spiro atoms. The van der Waals surface area contributed by atoms with Crippen LogP contribution in [0.3, 0.4) is 0 Å². The minimum Gasteiger partial charge on any atom is -0.449 e. The number of nitrogens with one attached hydrogen (secondary N) is 1. The molecule has 4 nitrogen and oxygen atoms in total. The number of benzene rings is 2. The average molecular weight is 424 g/mol. The highest BCUT2D eigenvalue weighted by Crippen LogP contribution is 2.32. The number of aromatic amines is 1. The third-order valence-corrected chi connectivity index (χ3v) is 4.40. The Kier molecular flexibility index (Phi) is 4.81. The van der Waals surface area contributed by atoms with Gasteiger partial charge in [0.05, 0.1) is 16.1 Å².